The number of aromatic nitrogens is 2. The fraction of sp³-hybridized carbons (Fsp3) is 0.417. The molecule has 0 aliphatic heterocycles. The summed E-state index contributed by atoms with van der Waals surface area (Å²) in [7, 11) is 1.85. The molecule has 0 aliphatic rings. The van der Waals surface area contributed by atoms with E-state index in [1.807, 2.05) is 30.3 Å². The van der Waals surface area contributed by atoms with Crippen molar-refractivity contribution in [3.8, 4) is 0 Å². The summed E-state index contributed by atoms with van der Waals surface area (Å²) >= 11 is 1.54. The molecule has 8 heteroatoms. The Labute approximate surface area is 121 Å². The van der Waals surface area contributed by atoms with Crippen molar-refractivity contribution in [1.82, 2.24) is 20.2 Å². The number of amides is 1. The minimum atomic E-state index is -0.00984. The van der Waals surface area contributed by atoms with Crippen molar-refractivity contribution >= 4 is 33.3 Å². The van der Waals surface area contributed by atoms with Crippen LogP contribution in [-0.2, 0) is 11.3 Å². The number of rotatable bonds is 6. The smallest absolute Gasteiger partial charge is 0.234 e. The van der Waals surface area contributed by atoms with E-state index >= 15 is 0 Å². The van der Waals surface area contributed by atoms with Gasteiger partial charge in [-0.15, -0.1) is 11.3 Å². The van der Waals surface area contributed by atoms with Crippen LogP contribution in [0.25, 0.3) is 10.2 Å². The van der Waals surface area contributed by atoms with Crippen LogP contribution in [0.2, 0.25) is 0 Å². The summed E-state index contributed by atoms with van der Waals surface area (Å²) in [6, 6.07) is 1.93. The highest BCUT2D eigenvalue weighted by atomic mass is 32.1. The molecule has 0 saturated heterocycles. The number of nitrogen functional groups attached to an aromatic ring is 1. The number of hydrogen-bond acceptors (Lipinski definition) is 7. The molecule has 0 unspecified atom stereocenters. The van der Waals surface area contributed by atoms with Crippen LogP contribution in [0.1, 0.15) is 12.7 Å². The summed E-state index contributed by atoms with van der Waals surface area (Å²) in [6.07, 6.45) is 0. The number of nitrogens with one attached hydrogen (secondary N) is 2. The molecule has 2 heterocycles. The lowest BCUT2D eigenvalue weighted by Gasteiger charge is -2.15. The van der Waals surface area contributed by atoms with Gasteiger partial charge in [0, 0.05) is 6.54 Å². The van der Waals surface area contributed by atoms with Crippen molar-refractivity contribution in [2.45, 2.75) is 13.5 Å². The molecule has 4 N–H and O–H groups in total. The van der Waals surface area contributed by atoms with Gasteiger partial charge in [-0.25, -0.2) is 15.8 Å². The molecular weight excluding hydrogens is 276 g/mol. The molecular formula is C12H18N6OS. The van der Waals surface area contributed by atoms with Gasteiger partial charge >= 0.3 is 0 Å². The minimum Gasteiger partial charge on any atom is -0.355 e. The molecule has 108 valence electrons. The number of carbonyl (C=O) groups is 1. The number of hydrazine groups is 1. The summed E-state index contributed by atoms with van der Waals surface area (Å²) in [6.45, 7) is 3.32. The van der Waals surface area contributed by atoms with E-state index in [1.165, 1.54) is 11.3 Å². The fourth-order valence-corrected chi connectivity index (χ4v) is 2.66. The van der Waals surface area contributed by atoms with Crippen LogP contribution in [0.3, 0.4) is 0 Å². The van der Waals surface area contributed by atoms with Gasteiger partial charge in [0.25, 0.3) is 0 Å². The lowest BCUT2D eigenvalue weighted by molar-refractivity contribution is -0.121. The summed E-state index contributed by atoms with van der Waals surface area (Å²) in [5.41, 5.74) is 2.59. The van der Waals surface area contributed by atoms with Gasteiger partial charge in [0.1, 0.15) is 10.7 Å². The molecule has 0 aromatic carbocycles. The molecule has 20 heavy (non-hydrogen) atoms. The van der Waals surface area contributed by atoms with E-state index in [0.29, 0.717) is 31.3 Å². The van der Waals surface area contributed by atoms with E-state index in [0.717, 1.165) is 10.2 Å². The topological polar surface area (TPSA) is 96.2 Å². The van der Waals surface area contributed by atoms with Gasteiger partial charge in [0.2, 0.25) is 5.91 Å². The molecule has 1 amide bonds. The Balaban J connectivity index is 2.10. The molecule has 0 radical (unpaired) electrons. The Morgan fingerprint density at radius 2 is 2.30 bits per heavy atom. The highest BCUT2D eigenvalue weighted by Gasteiger charge is 2.11. The first-order valence-electron chi connectivity index (χ1n) is 6.30. The average molecular weight is 294 g/mol. The van der Waals surface area contributed by atoms with Crippen LogP contribution >= 0.6 is 11.3 Å². The normalized spacial score (nSPS) is 11.0. The van der Waals surface area contributed by atoms with Gasteiger partial charge in [-0.05, 0) is 25.4 Å². The number of carbonyl (C=O) groups excluding carboxylic acids is 1. The first-order chi connectivity index (χ1) is 9.63. The molecule has 0 saturated carbocycles. The summed E-state index contributed by atoms with van der Waals surface area (Å²) < 4.78 is 0. The van der Waals surface area contributed by atoms with Gasteiger partial charge in [0.05, 0.1) is 18.5 Å². The predicted octanol–water partition coefficient (Wildman–Crippen LogP) is 0.545. The highest BCUT2D eigenvalue weighted by molar-refractivity contribution is 7.16. The molecule has 0 aliphatic carbocycles. The third-order valence-electron chi connectivity index (χ3n) is 2.71. The Kier molecular flexibility index (Phi) is 4.83. The first-order valence-corrected chi connectivity index (χ1v) is 7.18. The molecule has 2 aromatic heterocycles. The lowest BCUT2D eigenvalue weighted by Crippen LogP contribution is -2.35. The number of anilines is 1. The van der Waals surface area contributed by atoms with Crippen molar-refractivity contribution in [2.24, 2.45) is 5.84 Å². The maximum absolute atomic E-state index is 11.5. The second kappa shape index (κ2) is 6.60. The van der Waals surface area contributed by atoms with E-state index in [2.05, 4.69) is 20.7 Å². The molecule has 0 fully saturated rings. The van der Waals surface area contributed by atoms with Crippen LogP contribution < -0.4 is 16.6 Å². The number of nitrogens with zero attached hydrogens (tertiary/aromatic N) is 3. The van der Waals surface area contributed by atoms with E-state index in [-0.39, 0.29) is 5.91 Å². The van der Waals surface area contributed by atoms with E-state index in [4.69, 9.17) is 5.84 Å². The number of nitrogens with two attached hydrogens (primary N) is 1. The van der Waals surface area contributed by atoms with Crippen molar-refractivity contribution in [1.29, 1.82) is 0 Å². The first kappa shape index (κ1) is 14.6. The zero-order valence-corrected chi connectivity index (χ0v) is 12.3. The van der Waals surface area contributed by atoms with Gasteiger partial charge in [-0.3, -0.25) is 9.69 Å². The molecule has 2 aromatic rings. The summed E-state index contributed by atoms with van der Waals surface area (Å²) in [5.74, 6) is 6.72. The van der Waals surface area contributed by atoms with Crippen LogP contribution in [0, 0.1) is 0 Å². The van der Waals surface area contributed by atoms with Crippen LogP contribution in [0.15, 0.2) is 11.4 Å². The fourth-order valence-electron chi connectivity index (χ4n) is 1.88. The number of fused-ring (bicyclic) bond motifs is 1. The molecule has 0 bridgehead atoms. The maximum Gasteiger partial charge on any atom is 0.234 e. The third kappa shape index (κ3) is 3.41. The van der Waals surface area contributed by atoms with Crippen LogP contribution in [0.5, 0.6) is 0 Å². The number of likely N-dealkylation sites (N-methyl/N-ethyl adjacent to an activating group) is 2. The Bertz CT molecular complexity index is 599. The Morgan fingerprint density at radius 1 is 1.50 bits per heavy atom. The van der Waals surface area contributed by atoms with E-state index in [1.54, 1.807) is 0 Å². The second-order valence-corrected chi connectivity index (χ2v) is 5.29. The van der Waals surface area contributed by atoms with Gasteiger partial charge in [0.15, 0.2) is 5.82 Å². The van der Waals surface area contributed by atoms with Gasteiger partial charge < -0.3 is 10.7 Å². The van der Waals surface area contributed by atoms with Crippen LogP contribution in [-0.4, -0.2) is 40.9 Å². The largest absolute Gasteiger partial charge is 0.355 e. The van der Waals surface area contributed by atoms with Crippen molar-refractivity contribution < 1.29 is 4.79 Å². The highest BCUT2D eigenvalue weighted by Crippen LogP contribution is 2.24. The standard InChI is InChI=1S/C12H18N6OS/c1-3-14-10(19)7-18(2)6-9-15-11(17-13)8-4-5-20-12(8)16-9/h4-5H,3,6-7,13H2,1-2H3,(H,14,19)(H,15,16,17). The molecule has 2 rings (SSSR count). The molecule has 0 atom stereocenters. The second-order valence-electron chi connectivity index (χ2n) is 4.40. The average Bonchev–Trinajstić information content (AvgIpc) is 2.85. The third-order valence-corrected chi connectivity index (χ3v) is 3.51. The van der Waals surface area contributed by atoms with Gasteiger partial charge in [-0.2, -0.15) is 0 Å². The van der Waals surface area contributed by atoms with Crippen molar-refractivity contribution in [3.05, 3.63) is 17.3 Å². The van der Waals surface area contributed by atoms with E-state index in [9.17, 15) is 4.79 Å². The quantitative estimate of drug-likeness (QED) is 0.532. The number of hydrogen-bond donors (Lipinski definition) is 3. The SMILES string of the molecule is CCNC(=O)CN(C)Cc1nc(NN)c2ccsc2n1. The zero-order chi connectivity index (χ0) is 14.5. The summed E-state index contributed by atoms with van der Waals surface area (Å²) in [4.78, 5) is 23.1. The van der Waals surface area contributed by atoms with Crippen LogP contribution in [0.4, 0.5) is 5.82 Å². The zero-order valence-electron chi connectivity index (χ0n) is 11.5. The van der Waals surface area contributed by atoms with E-state index < -0.39 is 0 Å². The molecule has 7 nitrogen and oxygen atoms in total. The number of thiophene rings is 1. The van der Waals surface area contributed by atoms with Crippen molar-refractivity contribution in [3.63, 3.8) is 0 Å². The Morgan fingerprint density at radius 3 is 3.00 bits per heavy atom. The van der Waals surface area contributed by atoms with Crippen molar-refractivity contribution in [2.75, 3.05) is 25.6 Å². The minimum absolute atomic E-state index is 0.00984. The summed E-state index contributed by atoms with van der Waals surface area (Å²) in [5, 5.41) is 5.62. The predicted molar refractivity (Wildman–Crippen MR) is 80.2 cm³/mol. The monoisotopic (exact) mass is 294 g/mol. The van der Waals surface area contributed by atoms with Gasteiger partial charge in [-0.1, -0.05) is 0 Å². The lowest BCUT2D eigenvalue weighted by atomic mass is 10.3. The molecule has 0 spiro atoms. The maximum atomic E-state index is 11.5. The Hall–Kier alpha value is -1.77.